The molecule has 0 saturated carbocycles. The number of aliphatic hydroxyl groups is 1. The molecular formula is C86H116O58. The fourth-order valence-electron chi connectivity index (χ4n) is 15.9. The lowest BCUT2D eigenvalue weighted by Crippen LogP contribution is -2.70. The highest BCUT2D eigenvalue weighted by atomic mass is 16.8. The highest BCUT2D eigenvalue weighted by molar-refractivity contribution is 5.74. The molecule has 0 aromatic rings. The Kier molecular flexibility index (Phi) is 45.1. The van der Waals surface area contributed by atoms with E-state index in [-0.39, 0.29) is 0 Å². The van der Waals surface area contributed by atoms with Crippen LogP contribution in [0.4, 0.5) is 0 Å². The molecular weight excluding hydrogens is 1960 g/mol. The smallest absolute Gasteiger partial charge is 0.303 e. The minimum atomic E-state index is -2.57. The third-order valence-electron chi connectivity index (χ3n) is 20.6. The highest BCUT2D eigenvalue weighted by Gasteiger charge is 2.65. The number of carbonyl (C=O) groups is 22. The third-order valence-corrected chi connectivity index (χ3v) is 20.6. The number of carbonyl (C=O) groups excluding carboxylic acids is 22. The lowest BCUT2D eigenvalue weighted by atomic mass is 9.94. The first kappa shape index (κ1) is 119. The molecule has 144 heavy (non-hydrogen) atoms. The van der Waals surface area contributed by atoms with E-state index >= 15 is 0 Å². The van der Waals surface area contributed by atoms with Gasteiger partial charge in [0.15, 0.2) is 142 Å². The van der Waals surface area contributed by atoms with Crippen LogP contribution >= 0.6 is 0 Å². The summed E-state index contributed by atoms with van der Waals surface area (Å²) >= 11 is 0. The summed E-state index contributed by atoms with van der Waals surface area (Å²) in [6, 6.07) is 0. The van der Waals surface area contributed by atoms with Crippen molar-refractivity contribution in [3.05, 3.63) is 0 Å². The SMILES string of the molecule is CC(=O)OCC1OC(O)C(OC(C)=O)[C@@H](OC(C)=O)[C@H]1O[C@@H]1OC(CO[C@@H]2OC(COC(C)=O)[C@H](O[C@@H]3OC(COC(C)=O)[C@H](O[C@@H]4OC(COC(C)=O)[C@H](OC(C)=O)[C@H](OC(C)=O)C4OC(C)=O)[C@H](OC(C)=O)C3OC(C)=O)[C@H](OC(C)=O)C2OC(C)=O)[C@H](O[C@@H]2OC(COC(C)=O)[C@H](O[C@@H]3OC(COC(C)=O)[C@H](OC(C)=O)[C@H](OC(C)=O)C3OC(C)=O)[C@H](OC(C)=O)C2OC(C)=O)[C@H](OC(C)=O)C1OC(C)=O. The van der Waals surface area contributed by atoms with Gasteiger partial charge in [-0.1, -0.05) is 0 Å². The third kappa shape index (κ3) is 35.3. The summed E-state index contributed by atoms with van der Waals surface area (Å²) in [5.41, 5.74) is 0. The molecule has 808 valence electrons. The summed E-state index contributed by atoms with van der Waals surface area (Å²) in [5, 5.41) is 11.5. The van der Waals surface area contributed by atoms with E-state index in [1.54, 1.807) is 0 Å². The van der Waals surface area contributed by atoms with Crippen LogP contribution in [0.3, 0.4) is 0 Å². The summed E-state index contributed by atoms with van der Waals surface area (Å²) in [7, 11) is 0. The van der Waals surface area contributed by atoms with Crippen molar-refractivity contribution in [2.45, 2.75) is 367 Å². The van der Waals surface area contributed by atoms with Crippen molar-refractivity contribution in [1.82, 2.24) is 0 Å². The molecule has 58 heteroatoms. The Morgan fingerprint density at radius 2 is 0.285 bits per heavy atom. The molecule has 0 aromatic carbocycles. The van der Waals surface area contributed by atoms with Crippen LogP contribution in [0, 0.1) is 0 Å². The van der Waals surface area contributed by atoms with Gasteiger partial charge in [0.05, 0.1) is 6.61 Å². The largest absolute Gasteiger partial charge is 0.463 e. The van der Waals surface area contributed by atoms with Crippen molar-refractivity contribution in [3.63, 3.8) is 0 Å². The fraction of sp³-hybridized carbons (Fsp3) is 0.744. The van der Waals surface area contributed by atoms with Gasteiger partial charge in [0.1, 0.15) is 113 Å². The molecule has 35 atom stereocenters. The average molecular weight is 2080 g/mol. The topological polar surface area (TPSA) is 719 Å². The molecule has 7 heterocycles. The first-order valence-electron chi connectivity index (χ1n) is 44.1. The molecule has 7 fully saturated rings. The minimum Gasteiger partial charge on any atom is -0.463 e. The molecule has 7 rings (SSSR count). The van der Waals surface area contributed by atoms with E-state index in [1.165, 1.54) is 0 Å². The first-order valence-corrected chi connectivity index (χ1v) is 44.1. The van der Waals surface area contributed by atoms with E-state index in [0.717, 1.165) is 152 Å². The van der Waals surface area contributed by atoms with Crippen molar-refractivity contribution in [3.8, 4) is 0 Å². The molecule has 7 saturated heterocycles. The second-order valence-corrected chi connectivity index (χ2v) is 32.7. The molecule has 0 spiro atoms. The number of hydrogen-bond donors (Lipinski definition) is 1. The van der Waals surface area contributed by atoms with Crippen LogP contribution in [0.5, 0.6) is 0 Å². The van der Waals surface area contributed by atoms with Gasteiger partial charge in [-0.15, -0.1) is 0 Å². The molecule has 7 aliphatic rings. The molecule has 15 unspecified atom stereocenters. The molecule has 58 nitrogen and oxygen atoms in total. The summed E-state index contributed by atoms with van der Waals surface area (Å²) in [6.07, 6.45) is -77.8. The van der Waals surface area contributed by atoms with Crippen LogP contribution in [0.15, 0.2) is 0 Å². The van der Waals surface area contributed by atoms with Crippen LogP contribution in [-0.4, -0.2) is 398 Å². The van der Waals surface area contributed by atoms with Crippen LogP contribution in [0.25, 0.3) is 0 Å². The predicted molar refractivity (Wildman–Crippen MR) is 442 cm³/mol. The maximum atomic E-state index is 14.2. The lowest BCUT2D eigenvalue weighted by Gasteiger charge is -2.51. The minimum absolute atomic E-state index is 0.754. The molecule has 0 amide bonds. The Hall–Kier alpha value is -12.2. The molecule has 7 aliphatic heterocycles. The van der Waals surface area contributed by atoms with Crippen LogP contribution in [0.1, 0.15) is 152 Å². The van der Waals surface area contributed by atoms with Gasteiger partial charge in [0.2, 0.25) is 0 Å². The molecule has 0 bridgehead atoms. The Morgan fingerprint density at radius 1 is 0.153 bits per heavy atom. The van der Waals surface area contributed by atoms with Gasteiger partial charge in [0.25, 0.3) is 0 Å². The van der Waals surface area contributed by atoms with Crippen molar-refractivity contribution in [2.24, 2.45) is 0 Å². The maximum Gasteiger partial charge on any atom is 0.303 e. The van der Waals surface area contributed by atoms with Gasteiger partial charge in [0, 0.05) is 152 Å². The van der Waals surface area contributed by atoms with Crippen LogP contribution in [0.2, 0.25) is 0 Å². The number of ether oxygens (including phenoxy) is 35. The number of esters is 22. The second kappa shape index (κ2) is 54.6. The van der Waals surface area contributed by atoms with E-state index in [0.29, 0.717) is 0 Å². The van der Waals surface area contributed by atoms with Crippen molar-refractivity contribution in [2.75, 3.05) is 46.2 Å². The van der Waals surface area contributed by atoms with Gasteiger partial charge in [-0.05, 0) is 0 Å². The second-order valence-electron chi connectivity index (χ2n) is 32.7. The quantitative estimate of drug-likeness (QED) is 0.0454. The van der Waals surface area contributed by atoms with Gasteiger partial charge in [-0.2, -0.15) is 0 Å². The van der Waals surface area contributed by atoms with Gasteiger partial charge in [-0.25, -0.2) is 0 Å². The number of hydrogen-bond acceptors (Lipinski definition) is 58. The first-order chi connectivity index (χ1) is 67.4. The number of aliphatic hydroxyl groups excluding tert-OH is 1. The summed E-state index contributed by atoms with van der Waals surface area (Å²) in [5.74, 6) is -26.1. The van der Waals surface area contributed by atoms with E-state index in [2.05, 4.69) is 0 Å². The number of rotatable bonds is 41. The monoisotopic (exact) mass is 2080 g/mol. The van der Waals surface area contributed by atoms with Gasteiger partial charge in [-0.3, -0.25) is 105 Å². The zero-order chi connectivity index (χ0) is 108. The summed E-state index contributed by atoms with van der Waals surface area (Å²) in [6.45, 7) is 11.2. The van der Waals surface area contributed by atoms with Gasteiger partial charge < -0.3 is 171 Å². The Morgan fingerprint density at radius 3 is 0.472 bits per heavy atom. The summed E-state index contributed by atoms with van der Waals surface area (Å²) in [4.78, 5) is 293. The highest BCUT2D eigenvalue weighted by Crippen LogP contribution is 2.44. The van der Waals surface area contributed by atoms with Crippen molar-refractivity contribution in [1.29, 1.82) is 0 Å². The van der Waals surface area contributed by atoms with Crippen LogP contribution in [-0.2, 0) is 271 Å². The Bertz CT molecular complexity index is 4590. The lowest BCUT2D eigenvalue weighted by molar-refractivity contribution is -0.394. The Labute approximate surface area is 818 Å². The molecule has 1 N–H and O–H groups in total. The molecule has 0 aliphatic carbocycles. The Balaban J connectivity index is 1.50. The van der Waals surface area contributed by atoms with E-state index in [9.17, 15) is 111 Å². The van der Waals surface area contributed by atoms with Crippen LogP contribution < -0.4 is 0 Å². The maximum absolute atomic E-state index is 14.2. The zero-order valence-electron chi connectivity index (χ0n) is 81.9. The fourth-order valence-corrected chi connectivity index (χ4v) is 15.9. The van der Waals surface area contributed by atoms with Crippen molar-refractivity contribution >= 4 is 131 Å². The normalized spacial score (nSPS) is 33.3. The van der Waals surface area contributed by atoms with E-state index < -0.39 is 393 Å². The van der Waals surface area contributed by atoms with Gasteiger partial charge >= 0.3 is 131 Å². The average Bonchev–Trinajstić information content (AvgIpc) is 0.755. The van der Waals surface area contributed by atoms with Crippen molar-refractivity contribution < 1.29 is 276 Å². The zero-order valence-corrected chi connectivity index (χ0v) is 81.9. The molecule has 0 aromatic heterocycles. The van der Waals surface area contributed by atoms with E-state index in [4.69, 9.17) is 166 Å². The van der Waals surface area contributed by atoms with E-state index in [1.807, 2.05) is 0 Å². The summed E-state index contributed by atoms with van der Waals surface area (Å²) < 4.78 is 209. The molecule has 0 radical (unpaired) electrons. The standard InChI is InChI=1S/C86H116O58/c1-30(87)110-23-52-61(66(119-38(9)95)73(80(109)133-52)126-45(16)102)140-86-79(132-51(22)108)72(125-44(15)101)65(144-85-78(131-50(21)107)71(124-43(14)100)64(57(138-85)28-115-35(6)92)143-83-76(129-48(19)105)68(121-40(11)97)60(118-37(8)94)54(136-83)25-112-32(3)89)58(139-86)29-116-81-74(127-46(17)103)69(122-41(12)98)62(55(134-81)26-113-33(4)90)141-84-77(130-49(20)106)70(123-42(13)99)63(56(137-84)27-114-34(5)91)142-82-75(128-47(18)104)67(120-39(10)96)59(117-36(7)93)53(135-82)24-111-31(2)88/h52-86,109H,23-29H2,1-22H3/t52?,53?,54?,55?,56?,57?,58?,59-,60-,61-,62-,63-,64-,65-,66-,67-,68-,69-,70-,71-,72-,73?,74?,75?,76?,77?,78?,79?,80?,81+,82-,83-,84-,85-,86-/m0/s1. The predicted octanol–water partition coefficient (Wildman–Crippen LogP) is -3.72.